The number of aryl methyl sites for hydroxylation is 1. The second kappa shape index (κ2) is 6.53. The Morgan fingerprint density at radius 1 is 1.47 bits per heavy atom. The van der Waals surface area contributed by atoms with Gasteiger partial charge >= 0.3 is 0 Å². The van der Waals surface area contributed by atoms with E-state index in [2.05, 4.69) is 34.9 Å². The summed E-state index contributed by atoms with van der Waals surface area (Å²) in [5.41, 5.74) is 0.122. The molecule has 0 aliphatic heterocycles. The molecule has 0 saturated heterocycles. The number of ether oxygens (including phenoxy) is 1. The summed E-state index contributed by atoms with van der Waals surface area (Å²) in [5.74, 6) is 1.18. The van der Waals surface area contributed by atoms with Gasteiger partial charge in [-0.2, -0.15) is 0 Å². The highest BCUT2D eigenvalue weighted by Crippen LogP contribution is 2.39. The number of hydrogen-bond acceptors (Lipinski definition) is 3. The first-order valence-corrected chi connectivity index (χ1v) is 7.51. The van der Waals surface area contributed by atoms with E-state index in [4.69, 9.17) is 4.74 Å². The number of likely N-dealkylation sites (N-methyl/N-ethyl adjacent to an activating group) is 1. The van der Waals surface area contributed by atoms with E-state index in [0.29, 0.717) is 6.04 Å². The predicted molar refractivity (Wildman–Crippen MR) is 77.3 cm³/mol. The third kappa shape index (κ3) is 3.37. The minimum absolute atomic E-state index is 0.122. The predicted octanol–water partition coefficient (Wildman–Crippen LogP) is 2.38. The normalized spacial score (nSPS) is 19.1. The van der Waals surface area contributed by atoms with E-state index < -0.39 is 0 Å². The van der Waals surface area contributed by atoms with Crippen molar-refractivity contribution in [3.05, 3.63) is 18.2 Å². The van der Waals surface area contributed by atoms with Crippen molar-refractivity contribution in [1.82, 2.24) is 14.9 Å². The van der Waals surface area contributed by atoms with E-state index in [1.807, 2.05) is 13.3 Å². The van der Waals surface area contributed by atoms with Crippen LogP contribution in [0.5, 0.6) is 0 Å². The highest BCUT2D eigenvalue weighted by Gasteiger charge is 2.39. The summed E-state index contributed by atoms with van der Waals surface area (Å²) in [4.78, 5) is 4.49. The lowest BCUT2D eigenvalue weighted by molar-refractivity contribution is -0.0834. The van der Waals surface area contributed by atoms with Crippen LogP contribution in [-0.2, 0) is 17.7 Å². The number of aromatic nitrogens is 2. The Bertz CT molecular complexity index is 379. The molecular formula is C15H27N3O. The van der Waals surface area contributed by atoms with Crippen LogP contribution in [0.3, 0.4) is 0 Å². The molecule has 108 valence electrons. The number of nitrogens with one attached hydrogen (secondary N) is 1. The van der Waals surface area contributed by atoms with Gasteiger partial charge < -0.3 is 14.6 Å². The average Bonchev–Trinajstić information content (AvgIpc) is 2.81. The molecule has 0 spiro atoms. The number of hydrogen-bond donors (Lipinski definition) is 1. The summed E-state index contributed by atoms with van der Waals surface area (Å²) in [6.07, 6.45) is 9.75. The lowest BCUT2D eigenvalue weighted by Gasteiger charge is -2.43. The van der Waals surface area contributed by atoms with Crippen LogP contribution in [0.2, 0.25) is 0 Å². The van der Waals surface area contributed by atoms with E-state index in [9.17, 15) is 0 Å². The molecule has 19 heavy (non-hydrogen) atoms. The van der Waals surface area contributed by atoms with Gasteiger partial charge in [0, 0.05) is 38.5 Å². The van der Waals surface area contributed by atoms with E-state index in [0.717, 1.165) is 25.9 Å². The van der Waals surface area contributed by atoms with Gasteiger partial charge in [-0.15, -0.1) is 0 Å². The highest BCUT2D eigenvalue weighted by atomic mass is 16.5. The van der Waals surface area contributed by atoms with Crippen molar-refractivity contribution in [1.29, 1.82) is 0 Å². The monoisotopic (exact) mass is 265 g/mol. The molecule has 0 bridgehead atoms. The third-order valence-electron chi connectivity index (χ3n) is 4.38. The lowest BCUT2D eigenvalue weighted by Crippen LogP contribution is -2.46. The molecular weight excluding hydrogens is 238 g/mol. The number of imidazole rings is 1. The molecule has 1 fully saturated rings. The van der Waals surface area contributed by atoms with Crippen molar-refractivity contribution < 1.29 is 4.74 Å². The van der Waals surface area contributed by atoms with Crippen molar-refractivity contribution >= 4 is 0 Å². The Kier molecular flexibility index (Phi) is 4.99. The van der Waals surface area contributed by atoms with Crippen molar-refractivity contribution in [3.8, 4) is 0 Å². The van der Waals surface area contributed by atoms with Gasteiger partial charge in [-0.05, 0) is 39.2 Å². The summed E-state index contributed by atoms with van der Waals surface area (Å²) in [5, 5.41) is 3.60. The third-order valence-corrected chi connectivity index (χ3v) is 4.38. The van der Waals surface area contributed by atoms with E-state index >= 15 is 0 Å². The number of rotatable bonds is 8. The molecule has 2 rings (SSSR count). The van der Waals surface area contributed by atoms with Gasteiger partial charge in [-0.1, -0.05) is 6.92 Å². The molecule has 1 N–H and O–H groups in total. The Morgan fingerprint density at radius 3 is 2.79 bits per heavy atom. The van der Waals surface area contributed by atoms with Gasteiger partial charge in [0.25, 0.3) is 0 Å². The molecule has 1 aromatic heterocycles. The Balaban J connectivity index is 1.99. The lowest BCUT2D eigenvalue weighted by atomic mass is 9.75. The molecule has 1 atom stereocenters. The van der Waals surface area contributed by atoms with Crippen molar-refractivity contribution in [3.63, 3.8) is 0 Å². The second-order valence-electron chi connectivity index (χ2n) is 5.53. The quantitative estimate of drug-likeness (QED) is 0.784. The minimum atomic E-state index is 0.122. The fourth-order valence-corrected chi connectivity index (χ4v) is 3.06. The van der Waals surface area contributed by atoms with Gasteiger partial charge in [0.05, 0.1) is 5.60 Å². The summed E-state index contributed by atoms with van der Waals surface area (Å²) in [7, 11) is 1.86. The van der Waals surface area contributed by atoms with Crippen LogP contribution in [-0.4, -0.2) is 34.8 Å². The first-order chi connectivity index (χ1) is 9.23. The molecule has 1 aliphatic rings. The minimum Gasteiger partial charge on any atom is -0.378 e. The fourth-order valence-electron chi connectivity index (χ4n) is 3.06. The summed E-state index contributed by atoms with van der Waals surface area (Å²) in [6.45, 7) is 6.32. The number of methoxy groups -OCH3 is 1. The van der Waals surface area contributed by atoms with Gasteiger partial charge in [0.15, 0.2) is 0 Å². The molecule has 1 aromatic rings. The first-order valence-electron chi connectivity index (χ1n) is 7.51. The van der Waals surface area contributed by atoms with Gasteiger partial charge in [-0.3, -0.25) is 0 Å². The average molecular weight is 265 g/mol. The van der Waals surface area contributed by atoms with Crippen molar-refractivity contribution in [2.24, 2.45) is 0 Å². The molecule has 1 heterocycles. The van der Waals surface area contributed by atoms with Crippen LogP contribution >= 0.6 is 0 Å². The van der Waals surface area contributed by atoms with Crippen LogP contribution in [0.15, 0.2) is 12.4 Å². The van der Waals surface area contributed by atoms with Crippen LogP contribution in [0.4, 0.5) is 0 Å². The molecule has 4 heteroatoms. The fraction of sp³-hybridized carbons (Fsp3) is 0.800. The molecule has 4 nitrogen and oxygen atoms in total. The topological polar surface area (TPSA) is 39.1 Å². The van der Waals surface area contributed by atoms with Crippen LogP contribution < -0.4 is 5.32 Å². The second-order valence-corrected chi connectivity index (χ2v) is 5.53. The zero-order valence-corrected chi connectivity index (χ0v) is 12.5. The molecule has 0 aromatic carbocycles. The van der Waals surface area contributed by atoms with Crippen LogP contribution in [0, 0.1) is 0 Å². The van der Waals surface area contributed by atoms with E-state index in [1.54, 1.807) is 0 Å². The highest BCUT2D eigenvalue weighted by molar-refractivity contribution is 4.99. The van der Waals surface area contributed by atoms with Gasteiger partial charge in [0.2, 0.25) is 0 Å². The molecule has 1 saturated carbocycles. The summed E-state index contributed by atoms with van der Waals surface area (Å²) < 4.78 is 7.99. The maximum Gasteiger partial charge on any atom is 0.110 e. The largest absolute Gasteiger partial charge is 0.378 e. The summed E-state index contributed by atoms with van der Waals surface area (Å²) in [6, 6.07) is 0.456. The Morgan fingerprint density at radius 2 is 2.26 bits per heavy atom. The Labute approximate surface area is 116 Å². The molecule has 1 aliphatic carbocycles. The van der Waals surface area contributed by atoms with Gasteiger partial charge in [0.1, 0.15) is 5.82 Å². The van der Waals surface area contributed by atoms with Crippen molar-refractivity contribution in [2.45, 2.75) is 64.1 Å². The Hall–Kier alpha value is -0.870. The van der Waals surface area contributed by atoms with Gasteiger partial charge in [-0.25, -0.2) is 4.98 Å². The number of nitrogens with zero attached hydrogens (tertiary/aromatic N) is 2. The standard InChI is InChI=1S/C15H27N3O/c1-4-16-13(12-15(19-3)7-6-8-15)11-14-17-9-10-18(14)5-2/h9-10,13,16H,4-8,11-12H2,1-3H3. The molecule has 0 amide bonds. The van der Waals surface area contributed by atoms with Crippen LogP contribution in [0.25, 0.3) is 0 Å². The SMILES string of the molecule is CCNC(Cc1nccn1CC)CC1(OC)CCC1. The zero-order valence-electron chi connectivity index (χ0n) is 12.5. The maximum absolute atomic E-state index is 5.76. The zero-order chi connectivity index (χ0) is 13.7. The molecule has 0 radical (unpaired) electrons. The van der Waals surface area contributed by atoms with E-state index in [1.165, 1.54) is 25.1 Å². The van der Waals surface area contributed by atoms with E-state index in [-0.39, 0.29) is 5.60 Å². The molecule has 1 unspecified atom stereocenters. The maximum atomic E-state index is 5.76. The van der Waals surface area contributed by atoms with Crippen LogP contribution in [0.1, 0.15) is 45.4 Å². The van der Waals surface area contributed by atoms with Crippen molar-refractivity contribution in [2.75, 3.05) is 13.7 Å². The summed E-state index contributed by atoms with van der Waals surface area (Å²) >= 11 is 0. The first kappa shape index (κ1) is 14.5. The smallest absolute Gasteiger partial charge is 0.110 e.